The summed E-state index contributed by atoms with van der Waals surface area (Å²) >= 11 is 6.11. The van der Waals surface area contributed by atoms with Crippen molar-refractivity contribution in [2.75, 3.05) is 19.7 Å². The Hall–Kier alpha value is -1.10. The van der Waals surface area contributed by atoms with Gasteiger partial charge in [0.1, 0.15) is 0 Å². The van der Waals surface area contributed by atoms with Crippen LogP contribution in [0.5, 0.6) is 0 Å². The average molecular weight is 270 g/mol. The molecule has 0 aromatic heterocycles. The Bertz CT molecular complexity index is 424. The first kappa shape index (κ1) is 13.3. The van der Waals surface area contributed by atoms with Crippen LogP contribution in [-0.2, 0) is 16.1 Å². The highest BCUT2D eigenvalue weighted by atomic mass is 35.5. The van der Waals surface area contributed by atoms with Gasteiger partial charge < -0.3 is 9.84 Å². The number of rotatable bonds is 4. The zero-order valence-electron chi connectivity index (χ0n) is 10.0. The summed E-state index contributed by atoms with van der Waals surface area (Å²) in [7, 11) is 0. The largest absolute Gasteiger partial charge is 0.481 e. The number of nitrogens with zero attached hydrogens (tertiary/aromatic N) is 1. The molecule has 0 bridgehead atoms. The maximum Gasteiger partial charge on any atom is 0.306 e. The van der Waals surface area contributed by atoms with Crippen molar-refractivity contribution in [3.8, 4) is 0 Å². The van der Waals surface area contributed by atoms with E-state index in [1.807, 2.05) is 24.3 Å². The second-order valence-corrected chi connectivity index (χ2v) is 4.82. The minimum atomic E-state index is -0.820. The van der Waals surface area contributed by atoms with E-state index in [0.29, 0.717) is 13.2 Å². The molecule has 1 atom stereocenters. The van der Waals surface area contributed by atoms with E-state index in [2.05, 4.69) is 4.90 Å². The summed E-state index contributed by atoms with van der Waals surface area (Å²) in [5, 5.41) is 9.52. The fraction of sp³-hybridized carbons (Fsp3) is 0.462. The summed E-state index contributed by atoms with van der Waals surface area (Å²) in [4.78, 5) is 12.8. The fourth-order valence-corrected chi connectivity index (χ4v) is 2.31. The maximum atomic E-state index is 10.7. The van der Waals surface area contributed by atoms with Crippen LogP contribution in [0, 0.1) is 0 Å². The highest BCUT2D eigenvalue weighted by Gasteiger charge is 2.22. The van der Waals surface area contributed by atoms with Gasteiger partial charge in [-0.1, -0.05) is 29.8 Å². The number of hydrogen-bond acceptors (Lipinski definition) is 3. The van der Waals surface area contributed by atoms with Crippen molar-refractivity contribution >= 4 is 17.6 Å². The van der Waals surface area contributed by atoms with Gasteiger partial charge in [-0.05, 0) is 11.6 Å². The van der Waals surface area contributed by atoms with Gasteiger partial charge in [0.25, 0.3) is 0 Å². The molecule has 4 nitrogen and oxygen atoms in total. The van der Waals surface area contributed by atoms with E-state index in [1.54, 1.807) is 0 Å². The van der Waals surface area contributed by atoms with Crippen LogP contribution in [0.15, 0.2) is 24.3 Å². The number of carbonyl (C=O) groups is 1. The third kappa shape index (κ3) is 3.70. The second-order valence-electron chi connectivity index (χ2n) is 4.42. The molecule has 1 fully saturated rings. The number of carboxylic acids is 1. The zero-order chi connectivity index (χ0) is 13.0. The molecule has 0 spiro atoms. The van der Waals surface area contributed by atoms with Crippen molar-refractivity contribution < 1.29 is 14.6 Å². The van der Waals surface area contributed by atoms with Gasteiger partial charge in [-0.15, -0.1) is 0 Å². The van der Waals surface area contributed by atoms with Crippen LogP contribution in [0.1, 0.15) is 12.0 Å². The first-order valence-electron chi connectivity index (χ1n) is 5.94. The van der Waals surface area contributed by atoms with E-state index in [4.69, 9.17) is 21.4 Å². The number of morpholine rings is 1. The van der Waals surface area contributed by atoms with Crippen LogP contribution in [0.3, 0.4) is 0 Å². The highest BCUT2D eigenvalue weighted by Crippen LogP contribution is 2.19. The van der Waals surface area contributed by atoms with Crippen LogP contribution >= 0.6 is 11.6 Å². The highest BCUT2D eigenvalue weighted by molar-refractivity contribution is 6.31. The lowest BCUT2D eigenvalue weighted by Crippen LogP contribution is -2.42. The van der Waals surface area contributed by atoms with E-state index in [9.17, 15) is 4.79 Å². The van der Waals surface area contributed by atoms with Crippen molar-refractivity contribution in [1.29, 1.82) is 0 Å². The first-order valence-corrected chi connectivity index (χ1v) is 6.32. The molecule has 0 aliphatic carbocycles. The van der Waals surface area contributed by atoms with E-state index < -0.39 is 5.97 Å². The molecule has 1 aromatic rings. The third-order valence-corrected chi connectivity index (χ3v) is 3.35. The number of halogens is 1. The number of hydrogen-bond donors (Lipinski definition) is 1. The monoisotopic (exact) mass is 269 g/mol. The molecule has 0 saturated carbocycles. The van der Waals surface area contributed by atoms with E-state index in [0.717, 1.165) is 23.7 Å². The van der Waals surface area contributed by atoms with Gasteiger partial charge in [-0.2, -0.15) is 0 Å². The molecule has 98 valence electrons. The van der Waals surface area contributed by atoms with Crippen molar-refractivity contribution in [3.05, 3.63) is 34.9 Å². The molecule has 1 saturated heterocycles. The van der Waals surface area contributed by atoms with Crippen molar-refractivity contribution in [2.45, 2.75) is 19.1 Å². The van der Waals surface area contributed by atoms with Gasteiger partial charge in [0.15, 0.2) is 0 Å². The summed E-state index contributed by atoms with van der Waals surface area (Å²) in [5.74, 6) is -0.820. The average Bonchev–Trinajstić information content (AvgIpc) is 2.32. The number of ether oxygens (including phenoxy) is 1. The summed E-state index contributed by atoms with van der Waals surface area (Å²) in [5.41, 5.74) is 1.06. The van der Waals surface area contributed by atoms with Gasteiger partial charge in [0.05, 0.1) is 19.1 Å². The van der Waals surface area contributed by atoms with Gasteiger partial charge in [0, 0.05) is 24.7 Å². The van der Waals surface area contributed by atoms with E-state index in [1.165, 1.54) is 0 Å². The Morgan fingerprint density at radius 2 is 2.28 bits per heavy atom. The van der Waals surface area contributed by atoms with Crippen LogP contribution in [0.25, 0.3) is 0 Å². The molecule has 1 N–H and O–H groups in total. The molecule has 0 radical (unpaired) electrons. The van der Waals surface area contributed by atoms with Crippen LogP contribution in [-0.4, -0.2) is 41.8 Å². The molecule has 1 unspecified atom stereocenters. The number of aliphatic carboxylic acids is 1. The second kappa shape index (κ2) is 6.18. The van der Waals surface area contributed by atoms with Crippen LogP contribution in [0.2, 0.25) is 5.02 Å². The maximum absolute atomic E-state index is 10.7. The van der Waals surface area contributed by atoms with Gasteiger partial charge in [0.2, 0.25) is 0 Å². The van der Waals surface area contributed by atoms with Crippen molar-refractivity contribution in [2.24, 2.45) is 0 Å². The minimum absolute atomic E-state index is 0.0546. The molecule has 18 heavy (non-hydrogen) atoms. The quantitative estimate of drug-likeness (QED) is 0.909. The molecule has 2 rings (SSSR count). The Morgan fingerprint density at radius 3 is 3.00 bits per heavy atom. The molecule has 1 aromatic carbocycles. The van der Waals surface area contributed by atoms with Crippen molar-refractivity contribution in [3.63, 3.8) is 0 Å². The molecule has 1 aliphatic rings. The van der Waals surface area contributed by atoms with Gasteiger partial charge >= 0.3 is 5.97 Å². The van der Waals surface area contributed by atoms with E-state index >= 15 is 0 Å². The summed E-state index contributed by atoms with van der Waals surface area (Å²) in [6, 6.07) is 7.71. The van der Waals surface area contributed by atoms with Crippen molar-refractivity contribution in [1.82, 2.24) is 4.90 Å². The molecule has 1 aliphatic heterocycles. The standard InChI is InChI=1S/C13H16ClNO3/c14-12-4-2-1-3-10(12)8-15-5-6-18-11(9-15)7-13(16)17/h1-4,11H,5-9H2,(H,16,17). The predicted octanol–water partition coefficient (Wildman–Crippen LogP) is 2.02. The molecule has 5 heteroatoms. The lowest BCUT2D eigenvalue weighted by molar-refractivity contribution is -0.142. The van der Waals surface area contributed by atoms with Gasteiger partial charge in [-0.3, -0.25) is 9.69 Å². The summed E-state index contributed by atoms with van der Waals surface area (Å²) < 4.78 is 5.43. The lowest BCUT2D eigenvalue weighted by Gasteiger charge is -2.32. The van der Waals surface area contributed by atoms with Crippen LogP contribution < -0.4 is 0 Å². The summed E-state index contributed by atoms with van der Waals surface area (Å²) in [6.45, 7) is 2.75. The smallest absolute Gasteiger partial charge is 0.306 e. The fourth-order valence-electron chi connectivity index (χ4n) is 2.11. The van der Waals surface area contributed by atoms with E-state index in [-0.39, 0.29) is 12.5 Å². The SMILES string of the molecule is O=C(O)CC1CN(Cc2ccccc2Cl)CCO1. The number of benzene rings is 1. The zero-order valence-corrected chi connectivity index (χ0v) is 10.8. The first-order chi connectivity index (χ1) is 8.65. The van der Waals surface area contributed by atoms with Gasteiger partial charge in [-0.25, -0.2) is 0 Å². The molecule has 1 heterocycles. The third-order valence-electron chi connectivity index (χ3n) is 2.98. The lowest BCUT2D eigenvalue weighted by atomic mass is 10.1. The topological polar surface area (TPSA) is 49.8 Å². The Balaban J connectivity index is 1.93. The normalized spacial score (nSPS) is 20.8. The minimum Gasteiger partial charge on any atom is -0.481 e. The Morgan fingerprint density at radius 1 is 1.50 bits per heavy atom. The Kier molecular flexibility index (Phi) is 4.58. The molecule has 0 amide bonds. The Labute approximate surface area is 111 Å². The summed E-state index contributed by atoms with van der Waals surface area (Å²) in [6.07, 6.45) is -0.169. The van der Waals surface area contributed by atoms with Crippen LogP contribution in [0.4, 0.5) is 0 Å². The molecular formula is C13H16ClNO3. The number of carboxylic acid groups (broad SMARTS) is 1. The predicted molar refractivity (Wildman–Crippen MR) is 68.7 cm³/mol. The molecular weight excluding hydrogens is 254 g/mol.